The lowest BCUT2D eigenvalue weighted by atomic mass is 9.92. The van der Waals surface area contributed by atoms with Gasteiger partial charge < -0.3 is 0 Å². The molecule has 214 valence electrons. The molecule has 3 heterocycles. The van der Waals surface area contributed by atoms with Crippen molar-refractivity contribution in [2.75, 3.05) is 0 Å². The van der Waals surface area contributed by atoms with Gasteiger partial charge in [-0.15, -0.1) is 0 Å². The van der Waals surface area contributed by atoms with E-state index in [1.807, 2.05) is 80.0 Å². The third-order valence-corrected chi connectivity index (χ3v) is 7.71. The minimum absolute atomic E-state index is 0.464. The summed E-state index contributed by atoms with van der Waals surface area (Å²) >= 11 is 0. The highest BCUT2D eigenvalue weighted by Crippen LogP contribution is 2.35. The van der Waals surface area contributed by atoms with Crippen LogP contribution in [0.1, 0.15) is 31.7 Å². The zero-order valence-corrected chi connectivity index (χ0v) is 25.2. The van der Waals surface area contributed by atoms with Gasteiger partial charge in [0.1, 0.15) is 0 Å². The summed E-state index contributed by atoms with van der Waals surface area (Å²) in [7, 11) is 0. The Hall–Kier alpha value is -5.41. The van der Waals surface area contributed by atoms with Gasteiger partial charge in [0.15, 0.2) is 0 Å². The van der Waals surface area contributed by atoms with Gasteiger partial charge in [0.05, 0.1) is 22.8 Å². The summed E-state index contributed by atoms with van der Waals surface area (Å²) in [5, 5.41) is 0. The number of hydrogen-bond donors (Lipinski definition) is 0. The second kappa shape index (κ2) is 13.3. The van der Waals surface area contributed by atoms with Crippen molar-refractivity contribution < 1.29 is 0 Å². The Morgan fingerprint density at radius 1 is 0.727 bits per heavy atom. The first-order valence-electron chi connectivity index (χ1n) is 15.1. The molecule has 3 aromatic heterocycles. The molecular weight excluding hydrogens is 534 g/mol. The largest absolute Gasteiger partial charge is 0.256 e. The summed E-state index contributed by atoms with van der Waals surface area (Å²) in [6.07, 6.45) is 19.6. The lowest BCUT2D eigenvalue weighted by Gasteiger charge is -2.16. The van der Waals surface area contributed by atoms with E-state index in [9.17, 15) is 0 Å². The molecule has 0 spiro atoms. The SMILES string of the molecule is C=C(/C=C\C=C/C)c1cc(-c2cc(-c3ccccn3)cc(-c3ccc(-c4ccccc4)cn3)c2)cc(C2=CC(C)CC=C2)n1. The highest BCUT2D eigenvalue weighted by molar-refractivity contribution is 5.84. The van der Waals surface area contributed by atoms with Crippen LogP contribution >= 0.6 is 0 Å². The van der Waals surface area contributed by atoms with Gasteiger partial charge in [-0.25, -0.2) is 4.98 Å². The van der Waals surface area contributed by atoms with Gasteiger partial charge in [0, 0.05) is 29.1 Å². The van der Waals surface area contributed by atoms with Crippen LogP contribution in [0.4, 0.5) is 0 Å². The second-order valence-corrected chi connectivity index (χ2v) is 11.1. The maximum absolute atomic E-state index is 5.08. The smallest absolute Gasteiger partial charge is 0.0712 e. The lowest BCUT2D eigenvalue weighted by molar-refractivity contribution is 0.739. The summed E-state index contributed by atoms with van der Waals surface area (Å²) < 4.78 is 0. The van der Waals surface area contributed by atoms with Crippen LogP contribution in [0.15, 0.2) is 153 Å². The van der Waals surface area contributed by atoms with E-state index in [1.54, 1.807) is 0 Å². The van der Waals surface area contributed by atoms with Gasteiger partial charge >= 0.3 is 0 Å². The van der Waals surface area contributed by atoms with E-state index in [1.165, 1.54) is 0 Å². The van der Waals surface area contributed by atoms with Gasteiger partial charge in [0.25, 0.3) is 0 Å². The quantitative estimate of drug-likeness (QED) is 0.174. The molecule has 0 aliphatic heterocycles. The molecule has 1 atom stereocenters. The molecule has 1 aliphatic rings. The lowest BCUT2D eigenvalue weighted by Crippen LogP contribution is -2.00. The number of benzene rings is 2. The van der Waals surface area contributed by atoms with Gasteiger partial charge in [-0.3, -0.25) is 9.97 Å². The van der Waals surface area contributed by atoms with E-state index in [2.05, 4.69) is 91.3 Å². The molecule has 0 fully saturated rings. The molecule has 1 unspecified atom stereocenters. The van der Waals surface area contributed by atoms with Crippen LogP contribution in [0, 0.1) is 5.92 Å². The van der Waals surface area contributed by atoms with E-state index in [0.717, 1.165) is 73.7 Å². The zero-order chi connectivity index (χ0) is 30.3. The van der Waals surface area contributed by atoms with Crippen molar-refractivity contribution in [3.05, 3.63) is 164 Å². The van der Waals surface area contributed by atoms with Gasteiger partial charge in [0.2, 0.25) is 0 Å². The van der Waals surface area contributed by atoms with Crippen LogP contribution in [0.5, 0.6) is 0 Å². The zero-order valence-electron chi connectivity index (χ0n) is 25.2. The molecule has 6 rings (SSSR count). The first kappa shape index (κ1) is 28.7. The monoisotopic (exact) mass is 569 g/mol. The predicted molar refractivity (Wildman–Crippen MR) is 185 cm³/mol. The molecule has 0 amide bonds. The molecule has 2 aromatic carbocycles. The molecule has 0 saturated heterocycles. The van der Waals surface area contributed by atoms with Crippen LogP contribution in [-0.4, -0.2) is 15.0 Å². The molecule has 0 radical (unpaired) electrons. The molecule has 0 bridgehead atoms. The first-order chi connectivity index (χ1) is 21.6. The number of pyridine rings is 3. The highest BCUT2D eigenvalue weighted by Gasteiger charge is 2.15. The standard InChI is InChI=1S/C41H35N3/c1-4-5-7-14-30(3)40-26-35(27-41(44-40)32-17-12-13-29(2)22-32)34-23-36(38-18-10-11-21-42-38)25-37(24-34)39-20-19-33(28-43-39)31-15-8-6-9-16-31/h4-12,14-29H,3,13H2,1-2H3/b5-4-,14-7-. The van der Waals surface area contributed by atoms with Gasteiger partial charge in [-0.2, -0.15) is 0 Å². The van der Waals surface area contributed by atoms with E-state index >= 15 is 0 Å². The molecule has 44 heavy (non-hydrogen) atoms. The van der Waals surface area contributed by atoms with Gasteiger partial charge in [-0.1, -0.05) is 98.5 Å². The average molecular weight is 570 g/mol. The highest BCUT2D eigenvalue weighted by atomic mass is 14.7. The van der Waals surface area contributed by atoms with Crippen molar-refractivity contribution >= 4 is 11.1 Å². The first-order valence-corrected chi connectivity index (χ1v) is 15.1. The number of nitrogens with zero attached hydrogens (tertiary/aromatic N) is 3. The maximum atomic E-state index is 5.08. The Morgan fingerprint density at radius 3 is 2.18 bits per heavy atom. The van der Waals surface area contributed by atoms with Crippen molar-refractivity contribution in [3.63, 3.8) is 0 Å². The predicted octanol–water partition coefficient (Wildman–Crippen LogP) is 10.7. The fourth-order valence-corrected chi connectivity index (χ4v) is 5.38. The summed E-state index contributed by atoms with van der Waals surface area (Å²) in [6, 6.07) is 31.5. The Bertz CT molecular complexity index is 1890. The summed E-state index contributed by atoms with van der Waals surface area (Å²) in [5.41, 5.74) is 12.0. The molecule has 3 nitrogen and oxygen atoms in total. The van der Waals surface area contributed by atoms with Crippen LogP contribution in [0.25, 0.3) is 55.9 Å². The van der Waals surface area contributed by atoms with Crippen molar-refractivity contribution in [2.24, 2.45) is 5.92 Å². The molecule has 0 N–H and O–H groups in total. The van der Waals surface area contributed by atoms with E-state index in [0.29, 0.717) is 5.92 Å². The Labute approximate surface area is 260 Å². The summed E-state index contributed by atoms with van der Waals surface area (Å²) in [4.78, 5) is 14.7. The van der Waals surface area contributed by atoms with Crippen LogP contribution < -0.4 is 0 Å². The second-order valence-electron chi connectivity index (χ2n) is 11.1. The van der Waals surface area contributed by atoms with Crippen molar-refractivity contribution in [2.45, 2.75) is 20.3 Å². The molecule has 5 aromatic rings. The van der Waals surface area contributed by atoms with Crippen LogP contribution in [0.2, 0.25) is 0 Å². The number of rotatable bonds is 8. The topological polar surface area (TPSA) is 38.7 Å². The Morgan fingerprint density at radius 2 is 1.48 bits per heavy atom. The van der Waals surface area contributed by atoms with Crippen molar-refractivity contribution in [3.8, 4) is 44.8 Å². The van der Waals surface area contributed by atoms with E-state index in [-0.39, 0.29) is 0 Å². The number of aromatic nitrogens is 3. The van der Waals surface area contributed by atoms with Crippen molar-refractivity contribution in [1.82, 2.24) is 15.0 Å². The van der Waals surface area contributed by atoms with Crippen molar-refractivity contribution in [1.29, 1.82) is 0 Å². The fourth-order valence-electron chi connectivity index (χ4n) is 5.38. The Kier molecular flexibility index (Phi) is 8.65. The van der Waals surface area contributed by atoms with Crippen LogP contribution in [-0.2, 0) is 0 Å². The molecule has 1 aliphatic carbocycles. The number of allylic oxidation sites excluding steroid dienone is 9. The minimum Gasteiger partial charge on any atom is -0.256 e. The minimum atomic E-state index is 0.464. The summed E-state index contributed by atoms with van der Waals surface area (Å²) in [5.74, 6) is 0.464. The van der Waals surface area contributed by atoms with E-state index < -0.39 is 0 Å². The van der Waals surface area contributed by atoms with E-state index in [4.69, 9.17) is 9.97 Å². The Balaban J connectivity index is 1.50. The summed E-state index contributed by atoms with van der Waals surface area (Å²) in [6.45, 7) is 8.60. The third kappa shape index (κ3) is 6.63. The fraction of sp³-hybridized carbons (Fsp3) is 0.0976. The maximum Gasteiger partial charge on any atom is 0.0712 e. The number of hydrogen-bond acceptors (Lipinski definition) is 3. The average Bonchev–Trinajstić information content (AvgIpc) is 3.09. The van der Waals surface area contributed by atoms with Gasteiger partial charge in [-0.05, 0) is 95.6 Å². The molecule has 0 saturated carbocycles. The van der Waals surface area contributed by atoms with Crippen LogP contribution in [0.3, 0.4) is 0 Å². The molecule has 3 heteroatoms. The molecular formula is C41H35N3. The normalized spacial score (nSPS) is 14.7. The third-order valence-electron chi connectivity index (χ3n) is 7.71.